The van der Waals surface area contributed by atoms with E-state index in [2.05, 4.69) is 15.4 Å². The summed E-state index contributed by atoms with van der Waals surface area (Å²) in [5.74, 6) is -1.66. The number of hydrogen-bond donors (Lipinski definition) is 2. The quantitative estimate of drug-likeness (QED) is 0.526. The Labute approximate surface area is 177 Å². The number of tetrazole rings is 1. The molecule has 11 heteroatoms. The molecule has 0 aliphatic carbocycles. The molecule has 0 bridgehead atoms. The fourth-order valence-corrected chi connectivity index (χ4v) is 2.62. The van der Waals surface area contributed by atoms with Crippen LogP contribution in [0.3, 0.4) is 0 Å². The van der Waals surface area contributed by atoms with Crippen molar-refractivity contribution >= 4 is 18.4 Å². The first-order valence-corrected chi connectivity index (χ1v) is 8.83. The van der Waals surface area contributed by atoms with Crippen LogP contribution in [0, 0.1) is 11.6 Å². The molecule has 8 nitrogen and oxygen atoms in total. The maximum Gasteiger partial charge on any atom is 0.304 e. The maximum atomic E-state index is 14.3. The van der Waals surface area contributed by atoms with E-state index in [4.69, 9.17) is 15.6 Å². The third-order valence-corrected chi connectivity index (χ3v) is 4.04. The average Bonchev–Trinajstić information content (AvgIpc) is 3.12. The molecular weight excluding hydrogens is 420 g/mol. The zero-order valence-corrected chi connectivity index (χ0v) is 16.6. The van der Waals surface area contributed by atoms with Crippen molar-refractivity contribution in [2.24, 2.45) is 5.73 Å². The summed E-state index contributed by atoms with van der Waals surface area (Å²) in [6, 6.07) is 9.64. The molecule has 1 heterocycles. The summed E-state index contributed by atoms with van der Waals surface area (Å²) in [4.78, 5) is 11.8. The van der Waals surface area contributed by atoms with Crippen molar-refractivity contribution in [3.8, 4) is 17.1 Å². The summed E-state index contributed by atoms with van der Waals surface area (Å²) >= 11 is 0. The zero-order chi connectivity index (χ0) is 20.8. The molecule has 160 valence electrons. The lowest BCUT2D eigenvalue weighted by atomic mass is 10.1. The minimum Gasteiger partial charge on any atom is -0.490 e. The van der Waals surface area contributed by atoms with Crippen LogP contribution in [0.5, 0.6) is 5.75 Å². The van der Waals surface area contributed by atoms with Gasteiger partial charge in [-0.3, -0.25) is 4.79 Å². The molecule has 3 aromatic rings. The van der Waals surface area contributed by atoms with Gasteiger partial charge in [0, 0.05) is 18.0 Å². The minimum atomic E-state index is -1.02. The summed E-state index contributed by atoms with van der Waals surface area (Å²) in [6.07, 6.45) is 0.281. The molecule has 0 saturated heterocycles. The van der Waals surface area contributed by atoms with Gasteiger partial charge in [-0.1, -0.05) is 12.1 Å². The highest BCUT2D eigenvalue weighted by Gasteiger charge is 2.14. The molecule has 0 spiro atoms. The van der Waals surface area contributed by atoms with Gasteiger partial charge >= 0.3 is 5.97 Å². The van der Waals surface area contributed by atoms with Crippen molar-refractivity contribution < 1.29 is 23.4 Å². The smallest absolute Gasteiger partial charge is 0.304 e. The molecule has 2 aromatic carbocycles. The zero-order valence-electron chi connectivity index (χ0n) is 15.7. The number of carboxylic acids is 1. The van der Waals surface area contributed by atoms with Crippen LogP contribution in [-0.2, 0) is 17.8 Å². The molecule has 0 fully saturated rings. The van der Waals surface area contributed by atoms with Crippen molar-refractivity contribution in [2.45, 2.75) is 25.4 Å². The van der Waals surface area contributed by atoms with Gasteiger partial charge in [0.25, 0.3) is 0 Å². The van der Waals surface area contributed by atoms with Gasteiger partial charge in [-0.2, -0.15) is 4.80 Å². The maximum absolute atomic E-state index is 14.3. The normalized spacial score (nSPS) is 11.6. The number of halogens is 3. The van der Waals surface area contributed by atoms with Gasteiger partial charge in [-0.25, -0.2) is 8.78 Å². The molecule has 0 amide bonds. The van der Waals surface area contributed by atoms with Gasteiger partial charge in [0.1, 0.15) is 5.82 Å². The second-order valence-electron chi connectivity index (χ2n) is 6.40. The molecule has 0 aliphatic heterocycles. The van der Waals surface area contributed by atoms with E-state index in [9.17, 15) is 13.6 Å². The van der Waals surface area contributed by atoms with Crippen LogP contribution in [0.15, 0.2) is 42.5 Å². The van der Waals surface area contributed by atoms with Crippen LogP contribution < -0.4 is 10.5 Å². The molecule has 1 atom stereocenters. The van der Waals surface area contributed by atoms with Crippen LogP contribution >= 0.6 is 12.4 Å². The highest BCUT2D eigenvalue weighted by atomic mass is 35.5. The van der Waals surface area contributed by atoms with Crippen LogP contribution in [-0.4, -0.2) is 43.9 Å². The van der Waals surface area contributed by atoms with Crippen molar-refractivity contribution in [1.29, 1.82) is 0 Å². The first-order valence-electron chi connectivity index (χ1n) is 8.83. The minimum absolute atomic E-state index is 0. The molecule has 0 radical (unpaired) electrons. The first-order chi connectivity index (χ1) is 13.9. The summed E-state index contributed by atoms with van der Waals surface area (Å²) in [5.41, 5.74) is 6.96. The van der Waals surface area contributed by atoms with Crippen LogP contribution in [0.2, 0.25) is 0 Å². The molecule has 3 N–H and O–H groups in total. The molecular formula is C19H20ClF2N5O3. The standard InChI is InChI=1S/C19H19F2N5O3.ClH/c20-14-4-1-12(2-5-14)7-8-29-17-6-3-13(9-16(17)21)19-23-25-26(24-19)11-15(22)10-18(27)28;/h1-6,9,15H,7-8,10-11,22H2,(H,27,28);1H. The monoisotopic (exact) mass is 439 g/mol. The molecule has 0 aliphatic rings. The number of nitrogens with two attached hydrogens (primary N) is 1. The lowest BCUT2D eigenvalue weighted by Crippen LogP contribution is -2.30. The number of carbonyl (C=O) groups is 1. The van der Waals surface area contributed by atoms with E-state index in [-0.39, 0.29) is 49.4 Å². The molecule has 0 saturated carbocycles. The number of ether oxygens (including phenoxy) is 1. The SMILES string of the molecule is Cl.NC(CC(=O)O)Cn1nnc(-c2ccc(OCCc3ccc(F)cc3)c(F)c2)n1. The van der Waals surface area contributed by atoms with E-state index < -0.39 is 17.8 Å². The van der Waals surface area contributed by atoms with E-state index in [0.717, 1.165) is 5.56 Å². The van der Waals surface area contributed by atoms with Gasteiger partial charge in [-0.05, 0) is 41.1 Å². The lowest BCUT2D eigenvalue weighted by Gasteiger charge is -2.08. The van der Waals surface area contributed by atoms with Gasteiger partial charge in [-0.15, -0.1) is 22.6 Å². The summed E-state index contributed by atoms with van der Waals surface area (Å²) in [5, 5.41) is 20.5. The fraction of sp³-hybridized carbons (Fsp3) is 0.263. The van der Waals surface area contributed by atoms with Crippen molar-refractivity contribution in [3.63, 3.8) is 0 Å². The third-order valence-electron chi connectivity index (χ3n) is 4.04. The Morgan fingerprint density at radius 3 is 2.60 bits per heavy atom. The Bertz CT molecular complexity index is 985. The second kappa shape index (κ2) is 10.6. The number of carboxylic acid groups (broad SMARTS) is 1. The average molecular weight is 440 g/mol. The van der Waals surface area contributed by atoms with E-state index >= 15 is 0 Å². The Balaban J connectivity index is 0.00000320. The van der Waals surface area contributed by atoms with Crippen LogP contribution in [0.1, 0.15) is 12.0 Å². The lowest BCUT2D eigenvalue weighted by molar-refractivity contribution is -0.137. The summed E-state index contributed by atoms with van der Waals surface area (Å²) in [6.45, 7) is 0.310. The molecule has 30 heavy (non-hydrogen) atoms. The second-order valence-corrected chi connectivity index (χ2v) is 6.40. The number of aromatic nitrogens is 4. The highest BCUT2D eigenvalue weighted by molar-refractivity contribution is 5.85. The first kappa shape index (κ1) is 23.2. The van der Waals surface area contributed by atoms with Gasteiger partial charge in [0.15, 0.2) is 11.6 Å². The Morgan fingerprint density at radius 2 is 1.93 bits per heavy atom. The number of rotatable bonds is 9. The number of benzene rings is 2. The molecule has 1 aromatic heterocycles. The van der Waals surface area contributed by atoms with E-state index in [1.807, 2.05) is 0 Å². The third kappa shape index (κ3) is 6.46. The van der Waals surface area contributed by atoms with Crippen LogP contribution in [0.25, 0.3) is 11.4 Å². The predicted octanol–water partition coefficient (Wildman–Crippen LogP) is 2.46. The fourth-order valence-electron chi connectivity index (χ4n) is 2.62. The topological polar surface area (TPSA) is 116 Å². The number of nitrogens with zero attached hydrogens (tertiary/aromatic N) is 4. The highest BCUT2D eigenvalue weighted by Crippen LogP contribution is 2.23. The van der Waals surface area contributed by atoms with Gasteiger partial charge in [0.05, 0.1) is 19.6 Å². The number of hydrogen-bond acceptors (Lipinski definition) is 6. The Morgan fingerprint density at radius 1 is 1.20 bits per heavy atom. The Hall–Kier alpha value is -3.11. The van der Waals surface area contributed by atoms with Crippen molar-refractivity contribution in [1.82, 2.24) is 20.2 Å². The van der Waals surface area contributed by atoms with Gasteiger partial charge < -0.3 is 15.6 Å². The van der Waals surface area contributed by atoms with Crippen molar-refractivity contribution in [3.05, 3.63) is 59.7 Å². The molecule has 3 rings (SSSR count). The van der Waals surface area contributed by atoms with E-state index in [1.54, 1.807) is 18.2 Å². The van der Waals surface area contributed by atoms with Crippen molar-refractivity contribution in [2.75, 3.05) is 6.61 Å². The largest absolute Gasteiger partial charge is 0.490 e. The van der Waals surface area contributed by atoms with E-state index in [1.165, 1.54) is 29.1 Å². The predicted molar refractivity (Wildman–Crippen MR) is 106 cm³/mol. The van der Waals surface area contributed by atoms with Crippen LogP contribution in [0.4, 0.5) is 8.78 Å². The Kier molecular flexibility index (Phi) is 8.19. The summed E-state index contributed by atoms with van der Waals surface area (Å²) in [7, 11) is 0. The number of aliphatic carboxylic acids is 1. The molecule has 1 unspecified atom stereocenters. The summed E-state index contributed by atoms with van der Waals surface area (Å²) < 4.78 is 32.7. The van der Waals surface area contributed by atoms with Gasteiger partial charge in [0.2, 0.25) is 5.82 Å². The van der Waals surface area contributed by atoms with E-state index in [0.29, 0.717) is 12.0 Å².